The maximum Gasteiger partial charge on any atom is 0.00887 e. The minimum Gasteiger partial charge on any atom is -0.316 e. The lowest BCUT2D eigenvalue weighted by Crippen LogP contribution is -2.28. The lowest BCUT2D eigenvalue weighted by molar-refractivity contribution is 0.344. The molecule has 0 heterocycles. The molecule has 0 aromatic carbocycles. The van der Waals surface area contributed by atoms with E-state index >= 15 is 0 Å². The Labute approximate surface area is 89.7 Å². The average Bonchev–Trinajstić information content (AvgIpc) is 2.13. The molecule has 0 saturated carbocycles. The van der Waals surface area contributed by atoms with Crippen LogP contribution in [-0.4, -0.2) is 13.1 Å². The molecule has 14 heavy (non-hydrogen) atoms. The standard InChI is InChI=1S/C13H25N/c1-6-7-8-12(4)13(5)10-14-9-11(2)3/h1,11-14H,7-10H2,2-5H3. The summed E-state index contributed by atoms with van der Waals surface area (Å²) in [5, 5.41) is 3.49. The van der Waals surface area contributed by atoms with E-state index in [4.69, 9.17) is 6.42 Å². The fourth-order valence-corrected chi connectivity index (χ4v) is 1.40. The van der Waals surface area contributed by atoms with Crippen molar-refractivity contribution in [2.45, 2.75) is 40.5 Å². The Morgan fingerprint density at radius 2 is 1.71 bits per heavy atom. The SMILES string of the molecule is C#CCCC(C)C(C)CNCC(C)C. The minimum absolute atomic E-state index is 0.724. The van der Waals surface area contributed by atoms with Crippen LogP contribution in [0.2, 0.25) is 0 Å². The zero-order chi connectivity index (χ0) is 11.0. The molecule has 0 aliphatic carbocycles. The maximum atomic E-state index is 5.25. The highest BCUT2D eigenvalue weighted by molar-refractivity contribution is 4.84. The average molecular weight is 195 g/mol. The van der Waals surface area contributed by atoms with Crippen LogP contribution < -0.4 is 5.32 Å². The molecule has 0 bridgehead atoms. The van der Waals surface area contributed by atoms with Gasteiger partial charge >= 0.3 is 0 Å². The second kappa shape index (κ2) is 7.88. The van der Waals surface area contributed by atoms with Crippen LogP contribution in [-0.2, 0) is 0 Å². The van der Waals surface area contributed by atoms with Crippen molar-refractivity contribution >= 4 is 0 Å². The van der Waals surface area contributed by atoms with E-state index in [1.807, 2.05) is 0 Å². The molecule has 82 valence electrons. The first-order valence-corrected chi connectivity index (χ1v) is 5.72. The molecule has 0 aliphatic heterocycles. The summed E-state index contributed by atoms with van der Waals surface area (Å²) in [6.07, 6.45) is 7.32. The Bertz CT molecular complexity index is 167. The molecule has 0 radical (unpaired) electrons. The maximum absolute atomic E-state index is 5.25. The highest BCUT2D eigenvalue weighted by Gasteiger charge is 2.10. The van der Waals surface area contributed by atoms with Gasteiger partial charge in [0.05, 0.1) is 0 Å². The summed E-state index contributed by atoms with van der Waals surface area (Å²) in [7, 11) is 0. The van der Waals surface area contributed by atoms with E-state index in [0.29, 0.717) is 0 Å². The summed E-state index contributed by atoms with van der Waals surface area (Å²) in [5.74, 6) is 4.90. The van der Waals surface area contributed by atoms with Gasteiger partial charge in [0, 0.05) is 6.42 Å². The molecule has 0 spiro atoms. The summed E-state index contributed by atoms with van der Waals surface area (Å²) >= 11 is 0. The summed E-state index contributed by atoms with van der Waals surface area (Å²) in [6, 6.07) is 0. The Kier molecular flexibility index (Phi) is 7.61. The van der Waals surface area contributed by atoms with Crippen molar-refractivity contribution in [3.63, 3.8) is 0 Å². The van der Waals surface area contributed by atoms with E-state index in [-0.39, 0.29) is 0 Å². The number of nitrogens with one attached hydrogen (secondary N) is 1. The molecule has 0 aromatic rings. The van der Waals surface area contributed by atoms with Crippen LogP contribution in [0.15, 0.2) is 0 Å². The minimum atomic E-state index is 0.724. The first-order chi connectivity index (χ1) is 6.57. The number of hydrogen-bond acceptors (Lipinski definition) is 1. The molecule has 2 atom stereocenters. The van der Waals surface area contributed by atoms with Crippen LogP contribution in [0.1, 0.15) is 40.5 Å². The summed E-state index contributed by atoms with van der Waals surface area (Å²) in [5.41, 5.74) is 0. The quantitative estimate of drug-likeness (QED) is 0.616. The molecule has 0 aliphatic rings. The topological polar surface area (TPSA) is 12.0 Å². The molecule has 1 heteroatoms. The van der Waals surface area contributed by atoms with Gasteiger partial charge in [-0.15, -0.1) is 12.3 Å². The van der Waals surface area contributed by atoms with Crippen molar-refractivity contribution in [3.05, 3.63) is 0 Å². The Balaban J connectivity index is 3.52. The molecule has 1 nitrogen and oxygen atoms in total. The van der Waals surface area contributed by atoms with Crippen molar-refractivity contribution in [3.8, 4) is 12.3 Å². The molecule has 0 amide bonds. The van der Waals surface area contributed by atoms with Crippen molar-refractivity contribution < 1.29 is 0 Å². The Hall–Kier alpha value is -0.480. The highest BCUT2D eigenvalue weighted by Crippen LogP contribution is 2.15. The van der Waals surface area contributed by atoms with Gasteiger partial charge in [-0.2, -0.15) is 0 Å². The van der Waals surface area contributed by atoms with E-state index in [1.54, 1.807) is 0 Å². The van der Waals surface area contributed by atoms with Gasteiger partial charge < -0.3 is 5.32 Å². The number of hydrogen-bond donors (Lipinski definition) is 1. The Morgan fingerprint density at radius 3 is 2.21 bits per heavy atom. The summed E-state index contributed by atoms with van der Waals surface area (Å²) < 4.78 is 0. The van der Waals surface area contributed by atoms with E-state index in [2.05, 4.69) is 38.9 Å². The van der Waals surface area contributed by atoms with E-state index in [0.717, 1.165) is 43.7 Å². The molecule has 0 saturated heterocycles. The monoisotopic (exact) mass is 195 g/mol. The van der Waals surface area contributed by atoms with Crippen LogP contribution in [0.25, 0.3) is 0 Å². The second-order valence-corrected chi connectivity index (χ2v) is 4.75. The number of terminal acetylenes is 1. The van der Waals surface area contributed by atoms with Gasteiger partial charge in [-0.05, 0) is 37.3 Å². The zero-order valence-electron chi connectivity index (χ0n) is 10.1. The van der Waals surface area contributed by atoms with Gasteiger partial charge in [0.1, 0.15) is 0 Å². The van der Waals surface area contributed by atoms with Crippen molar-refractivity contribution in [2.75, 3.05) is 13.1 Å². The van der Waals surface area contributed by atoms with Crippen LogP contribution in [0.3, 0.4) is 0 Å². The first kappa shape index (κ1) is 13.5. The third kappa shape index (κ3) is 6.97. The van der Waals surface area contributed by atoms with Gasteiger partial charge in [0.2, 0.25) is 0 Å². The molecule has 0 rings (SSSR count). The van der Waals surface area contributed by atoms with E-state index < -0.39 is 0 Å². The lowest BCUT2D eigenvalue weighted by atomic mass is 9.91. The predicted octanol–water partition coefficient (Wildman–Crippen LogP) is 2.92. The fraction of sp³-hybridized carbons (Fsp3) is 0.846. The molecule has 0 fully saturated rings. The van der Waals surface area contributed by atoms with E-state index in [1.165, 1.54) is 0 Å². The molecular weight excluding hydrogens is 170 g/mol. The summed E-state index contributed by atoms with van der Waals surface area (Å²) in [6.45, 7) is 11.3. The fourth-order valence-electron chi connectivity index (χ4n) is 1.40. The van der Waals surface area contributed by atoms with Crippen molar-refractivity contribution in [2.24, 2.45) is 17.8 Å². The van der Waals surface area contributed by atoms with Gasteiger partial charge in [-0.1, -0.05) is 27.7 Å². The van der Waals surface area contributed by atoms with Crippen molar-refractivity contribution in [1.82, 2.24) is 5.32 Å². The molecule has 1 N–H and O–H groups in total. The third-order valence-corrected chi connectivity index (χ3v) is 2.73. The van der Waals surface area contributed by atoms with Gasteiger partial charge in [-0.3, -0.25) is 0 Å². The Morgan fingerprint density at radius 1 is 1.07 bits per heavy atom. The largest absolute Gasteiger partial charge is 0.316 e. The van der Waals surface area contributed by atoms with Crippen LogP contribution in [0, 0.1) is 30.1 Å². The van der Waals surface area contributed by atoms with Crippen LogP contribution in [0.4, 0.5) is 0 Å². The normalized spacial score (nSPS) is 15.1. The van der Waals surface area contributed by atoms with Gasteiger partial charge in [-0.25, -0.2) is 0 Å². The molecular formula is C13H25N. The van der Waals surface area contributed by atoms with Crippen LogP contribution >= 0.6 is 0 Å². The number of rotatable bonds is 7. The van der Waals surface area contributed by atoms with E-state index in [9.17, 15) is 0 Å². The highest BCUT2D eigenvalue weighted by atomic mass is 14.9. The lowest BCUT2D eigenvalue weighted by Gasteiger charge is -2.20. The summed E-state index contributed by atoms with van der Waals surface area (Å²) in [4.78, 5) is 0. The third-order valence-electron chi connectivity index (χ3n) is 2.73. The molecule has 2 unspecified atom stereocenters. The first-order valence-electron chi connectivity index (χ1n) is 5.72. The molecule has 0 aromatic heterocycles. The zero-order valence-corrected chi connectivity index (χ0v) is 10.1. The smallest absolute Gasteiger partial charge is 0.00887 e. The predicted molar refractivity (Wildman–Crippen MR) is 64.1 cm³/mol. The van der Waals surface area contributed by atoms with Gasteiger partial charge in [0.25, 0.3) is 0 Å². The van der Waals surface area contributed by atoms with Gasteiger partial charge in [0.15, 0.2) is 0 Å². The van der Waals surface area contributed by atoms with Crippen LogP contribution in [0.5, 0.6) is 0 Å². The second-order valence-electron chi connectivity index (χ2n) is 4.75. The van der Waals surface area contributed by atoms with Crippen molar-refractivity contribution in [1.29, 1.82) is 0 Å².